The third-order valence-corrected chi connectivity index (χ3v) is 5.62. The number of nitrogens with two attached hydrogens (primary N) is 2. The van der Waals surface area contributed by atoms with Crippen LogP contribution in [-0.2, 0) is 20.8 Å². The number of benzene rings is 1. The Morgan fingerprint density at radius 1 is 1.11 bits per heavy atom. The average Bonchev–Trinajstić information content (AvgIpc) is 3.33. The summed E-state index contributed by atoms with van der Waals surface area (Å²) >= 11 is 0. The molecule has 210 valence electrons. The van der Waals surface area contributed by atoms with E-state index in [9.17, 15) is 4.79 Å². The average molecular weight is 548 g/mol. The highest BCUT2D eigenvalue weighted by molar-refractivity contribution is 7.50. The third-order valence-electron chi connectivity index (χ3n) is 4.74. The summed E-state index contributed by atoms with van der Waals surface area (Å²) in [5.74, 6) is 1.50. The number of carbonyl (C=O) groups is 1. The lowest BCUT2D eigenvalue weighted by atomic mass is 10.3. The lowest BCUT2D eigenvalue weighted by Gasteiger charge is -2.14. The Hall–Kier alpha value is -3.27. The van der Waals surface area contributed by atoms with Gasteiger partial charge in [-0.25, -0.2) is 4.98 Å². The summed E-state index contributed by atoms with van der Waals surface area (Å²) in [6, 6.07) is 9.44. The Labute approximate surface area is 226 Å². The second-order valence-electron chi connectivity index (χ2n) is 7.89. The van der Waals surface area contributed by atoms with Crippen molar-refractivity contribution in [2.75, 3.05) is 37.2 Å². The predicted molar refractivity (Wildman–Crippen MR) is 155 cm³/mol. The zero-order valence-corrected chi connectivity index (χ0v) is 23.6. The van der Waals surface area contributed by atoms with Crippen molar-refractivity contribution in [2.45, 2.75) is 53.0 Å². The highest BCUT2D eigenvalue weighted by atomic mass is 31.2. The summed E-state index contributed by atoms with van der Waals surface area (Å²) < 4.78 is 17.5. The molecule has 0 saturated heterocycles. The summed E-state index contributed by atoms with van der Waals surface area (Å²) in [7, 11) is -1.19. The molecule has 3 rings (SSSR count). The Balaban J connectivity index is 0.000000554. The molecule has 0 amide bonds. The molecule has 0 bridgehead atoms. The van der Waals surface area contributed by atoms with E-state index in [1.807, 2.05) is 41.8 Å². The molecule has 1 aromatic carbocycles. The molecule has 0 aliphatic heterocycles. The van der Waals surface area contributed by atoms with Crippen molar-refractivity contribution in [2.24, 2.45) is 5.50 Å². The van der Waals surface area contributed by atoms with Gasteiger partial charge in [-0.2, -0.15) is 9.97 Å². The van der Waals surface area contributed by atoms with Gasteiger partial charge in [0.15, 0.2) is 25.3 Å². The van der Waals surface area contributed by atoms with Crippen LogP contribution in [0.25, 0.3) is 11.2 Å². The number of carbonyl (C=O) groups excluding carboxylic acids is 1. The predicted octanol–water partition coefficient (Wildman–Crippen LogP) is 5.10. The molecule has 5 N–H and O–H groups in total. The van der Waals surface area contributed by atoms with Gasteiger partial charge >= 0.3 is 0 Å². The van der Waals surface area contributed by atoms with E-state index in [2.05, 4.69) is 45.4 Å². The molecule has 0 fully saturated rings. The van der Waals surface area contributed by atoms with Crippen molar-refractivity contribution in [3.63, 3.8) is 0 Å². The Kier molecular flexibility index (Phi) is 17.9. The van der Waals surface area contributed by atoms with Crippen LogP contribution in [0, 0.1) is 0 Å². The van der Waals surface area contributed by atoms with E-state index in [0.29, 0.717) is 56.1 Å². The number of imidazole rings is 1. The van der Waals surface area contributed by atoms with E-state index in [4.69, 9.17) is 20.5 Å². The standard InChI is InChI=1S/C17H22N7O2P.C5H10O2.C4H10/c1-2-8-20-15-14-16(23-17(18)22-15)24(11-21-14)9-10-25-12-27(19)26-13-6-4-3-5-7-13;1-2-3-4-7-5-6;1-3-4-2/h2-7,11H,1,8-10,12,19H2,(H3,18,20,22,23);5H,2-4H2,1H3;3-4H2,1-2H3. The van der Waals surface area contributed by atoms with Crippen molar-refractivity contribution < 1.29 is 18.8 Å². The number of fused-ring (bicyclic) bond motifs is 1. The monoisotopic (exact) mass is 547 g/mol. The van der Waals surface area contributed by atoms with E-state index in [-0.39, 0.29) is 5.95 Å². The van der Waals surface area contributed by atoms with Gasteiger partial charge in [-0.3, -0.25) is 10.3 Å². The van der Waals surface area contributed by atoms with Crippen LogP contribution in [0.1, 0.15) is 46.5 Å². The first-order chi connectivity index (χ1) is 18.5. The first kappa shape index (κ1) is 32.8. The van der Waals surface area contributed by atoms with E-state index in [1.165, 1.54) is 12.8 Å². The molecule has 11 nitrogen and oxygen atoms in total. The van der Waals surface area contributed by atoms with Gasteiger partial charge in [-0.15, -0.1) is 6.58 Å². The van der Waals surface area contributed by atoms with Gasteiger partial charge in [0.25, 0.3) is 6.47 Å². The van der Waals surface area contributed by atoms with Gasteiger partial charge in [0, 0.05) is 13.1 Å². The molecule has 0 aliphatic rings. The summed E-state index contributed by atoms with van der Waals surface area (Å²) in [5.41, 5.74) is 13.1. The van der Waals surface area contributed by atoms with Crippen molar-refractivity contribution in [3.8, 4) is 5.75 Å². The van der Waals surface area contributed by atoms with Crippen LogP contribution in [0.5, 0.6) is 5.75 Å². The van der Waals surface area contributed by atoms with E-state index >= 15 is 0 Å². The number of nitrogens with zero attached hydrogens (tertiary/aromatic N) is 4. The molecule has 2 heterocycles. The van der Waals surface area contributed by atoms with Crippen molar-refractivity contribution in [1.29, 1.82) is 0 Å². The number of nitrogen functional groups attached to an aromatic ring is 1. The molecule has 1 atom stereocenters. The molecule has 0 spiro atoms. The Morgan fingerprint density at radius 3 is 2.47 bits per heavy atom. The number of para-hydroxylation sites is 1. The number of anilines is 2. The number of ether oxygens (including phenoxy) is 2. The van der Waals surface area contributed by atoms with E-state index in [1.54, 1.807) is 12.4 Å². The molecule has 0 radical (unpaired) electrons. The highest BCUT2D eigenvalue weighted by Gasteiger charge is 2.12. The molecule has 0 aliphatic carbocycles. The lowest BCUT2D eigenvalue weighted by molar-refractivity contribution is -0.128. The molecular formula is C26H42N7O4P. The van der Waals surface area contributed by atoms with Crippen LogP contribution in [0.2, 0.25) is 0 Å². The van der Waals surface area contributed by atoms with Gasteiger partial charge in [-0.05, 0) is 18.6 Å². The molecule has 12 heteroatoms. The van der Waals surface area contributed by atoms with Crippen molar-refractivity contribution >= 4 is 37.7 Å². The molecule has 3 aromatic rings. The third kappa shape index (κ3) is 13.3. The molecule has 1 unspecified atom stereocenters. The minimum Gasteiger partial charge on any atom is -0.468 e. The second kappa shape index (κ2) is 20.7. The van der Waals surface area contributed by atoms with Crippen molar-refractivity contribution in [3.05, 3.63) is 49.3 Å². The highest BCUT2D eigenvalue weighted by Crippen LogP contribution is 2.29. The molecule has 38 heavy (non-hydrogen) atoms. The first-order valence-corrected chi connectivity index (χ1v) is 14.2. The molecule has 0 saturated carbocycles. The number of hydrogen-bond acceptors (Lipinski definition) is 10. The van der Waals surface area contributed by atoms with Crippen LogP contribution >= 0.6 is 8.30 Å². The topological polar surface area (TPSA) is 152 Å². The summed E-state index contributed by atoms with van der Waals surface area (Å²) in [5, 5.41) is 3.11. The van der Waals surface area contributed by atoms with Crippen LogP contribution in [-0.4, -0.2) is 52.1 Å². The second-order valence-corrected chi connectivity index (χ2v) is 9.16. The Bertz CT molecular complexity index is 1040. The fourth-order valence-corrected chi connectivity index (χ4v) is 3.41. The van der Waals surface area contributed by atoms with Gasteiger partial charge in [0.2, 0.25) is 5.95 Å². The maximum absolute atomic E-state index is 9.46. The van der Waals surface area contributed by atoms with Crippen LogP contribution in [0.3, 0.4) is 0 Å². The minimum atomic E-state index is -1.19. The minimum absolute atomic E-state index is 0.179. The molecule has 2 aromatic heterocycles. The van der Waals surface area contributed by atoms with Gasteiger partial charge in [0.1, 0.15) is 12.1 Å². The fourth-order valence-electron chi connectivity index (χ4n) is 2.65. The zero-order chi connectivity index (χ0) is 28.0. The fraction of sp³-hybridized carbons (Fsp3) is 0.462. The van der Waals surface area contributed by atoms with Crippen LogP contribution < -0.4 is 21.1 Å². The maximum Gasteiger partial charge on any atom is 0.293 e. The number of rotatable bonds is 15. The molecular weight excluding hydrogens is 505 g/mol. The number of unbranched alkanes of at least 4 members (excludes halogenated alkanes) is 2. The normalized spacial score (nSPS) is 10.8. The van der Waals surface area contributed by atoms with E-state index < -0.39 is 8.30 Å². The maximum atomic E-state index is 9.46. The van der Waals surface area contributed by atoms with Crippen molar-refractivity contribution in [1.82, 2.24) is 19.5 Å². The largest absolute Gasteiger partial charge is 0.468 e. The summed E-state index contributed by atoms with van der Waals surface area (Å²) in [6.45, 7) is 12.7. The van der Waals surface area contributed by atoms with Crippen LogP contribution in [0.4, 0.5) is 11.8 Å². The van der Waals surface area contributed by atoms with Gasteiger partial charge < -0.3 is 29.6 Å². The number of nitrogens with one attached hydrogen (secondary N) is 1. The Morgan fingerprint density at radius 2 is 1.84 bits per heavy atom. The van der Waals surface area contributed by atoms with E-state index in [0.717, 1.165) is 18.6 Å². The quantitative estimate of drug-likeness (QED) is 0.101. The smallest absolute Gasteiger partial charge is 0.293 e. The van der Waals surface area contributed by atoms with Gasteiger partial charge in [-0.1, -0.05) is 64.3 Å². The van der Waals surface area contributed by atoms with Gasteiger partial charge in [0.05, 0.1) is 19.5 Å². The number of aromatic nitrogens is 4. The lowest BCUT2D eigenvalue weighted by Crippen LogP contribution is -2.10. The summed E-state index contributed by atoms with van der Waals surface area (Å²) in [4.78, 5) is 22.3. The first-order valence-electron chi connectivity index (χ1n) is 12.7. The summed E-state index contributed by atoms with van der Waals surface area (Å²) in [6.07, 6.45) is 8.44. The van der Waals surface area contributed by atoms with Crippen LogP contribution in [0.15, 0.2) is 49.3 Å². The zero-order valence-electron chi connectivity index (χ0n) is 22.7. The SMILES string of the molecule is C=CCNc1nc(N)nc2c1ncn2CCOCP(N)Oc1ccccc1.CCCC.CCCCOC=O. The number of hydrogen-bond donors (Lipinski definition) is 3.